The molecule has 1 aliphatic heterocycles. The summed E-state index contributed by atoms with van der Waals surface area (Å²) in [5.74, 6) is -0.479. The van der Waals surface area contributed by atoms with Crippen molar-refractivity contribution >= 4 is 17.3 Å². The molecule has 0 radical (unpaired) electrons. The van der Waals surface area contributed by atoms with Crippen molar-refractivity contribution in [2.75, 3.05) is 18.6 Å². The molecule has 0 aliphatic carbocycles. The second-order valence-electron chi connectivity index (χ2n) is 4.70. The van der Waals surface area contributed by atoms with E-state index in [0.29, 0.717) is 18.0 Å². The monoisotopic (exact) mass is 280 g/mol. The number of carboxylic acid groups (broad SMARTS) is 1. The Labute approximate surface area is 115 Å². The zero-order valence-corrected chi connectivity index (χ0v) is 11.1. The van der Waals surface area contributed by atoms with Crippen LogP contribution in [0.1, 0.15) is 19.3 Å². The van der Waals surface area contributed by atoms with Gasteiger partial charge in [-0.05, 0) is 25.0 Å². The third-order valence-corrected chi connectivity index (χ3v) is 3.48. The molecule has 1 saturated heterocycles. The Bertz CT molecular complexity index is 531. The summed E-state index contributed by atoms with van der Waals surface area (Å²) in [6.45, 7) is 0.630. The lowest BCUT2D eigenvalue weighted by molar-refractivity contribution is -0.384. The van der Waals surface area contributed by atoms with Crippen molar-refractivity contribution < 1.29 is 19.6 Å². The van der Waals surface area contributed by atoms with E-state index in [2.05, 4.69) is 0 Å². The molecule has 2 rings (SSSR count). The Kier molecular flexibility index (Phi) is 4.07. The van der Waals surface area contributed by atoms with Crippen LogP contribution in [0.25, 0.3) is 0 Å². The average Bonchev–Trinajstić information content (AvgIpc) is 2.85. The van der Waals surface area contributed by atoms with Gasteiger partial charge in [0.1, 0.15) is 11.4 Å². The summed E-state index contributed by atoms with van der Waals surface area (Å²) in [7, 11) is 1.45. The van der Waals surface area contributed by atoms with E-state index in [0.717, 1.165) is 12.8 Å². The second kappa shape index (κ2) is 5.77. The molecular weight excluding hydrogens is 264 g/mol. The predicted octanol–water partition coefficient (Wildman–Crippen LogP) is 2.05. The van der Waals surface area contributed by atoms with Gasteiger partial charge < -0.3 is 14.7 Å². The Hall–Kier alpha value is -2.31. The molecule has 1 unspecified atom stereocenters. The Balaban J connectivity index is 2.35. The van der Waals surface area contributed by atoms with Gasteiger partial charge in [-0.25, -0.2) is 0 Å². The summed E-state index contributed by atoms with van der Waals surface area (Å²) in [5, 5.41) is 20.1. The summed E-state index contributed by atoms with van der Waals surface area (Å²) in [6, 6.07) is 4.45. The molecule has 1 fully saturated rings. The smallest absolute Gasteiger partial charge is 0.305 e. The fourth-order valence-electron chi connectivity index (χ4n) is 2.59. The van der Waals surface area contributed by atoms with Crippen molar-refractivity contribution in [3.8, 4) is 5.75 Å². The van der Waals surface area contributed by atoms with E-state index in [-0.39, 0.29) is 18.2 Å². The fourth-order valence-corrected chi connectivity index (χ4v) is 2.59. The minimum Gasteiger partial charge on any atom is -0.496 e. The number of nitro benzene ring substituents is 1. The highest BCUT2D eigenvalue weighted by molar-refractivity contribution is 5.71. The first-order valence-electron chi connectivity index (χ1n) is 6.33. The van der Waals surface area contributed by atoms with Gasteiger partial charge in [0.2, 0.25) is 0 Å². The summed E-state index contributed by atoms with van der Waals surface area (Å²) < 4.78 is 5.00. The quantitative estimate of drug-likeness (QED) is 0.655. The molecule has 0 amide bonds. The van der Waals surface area contributed by atoms with Gasteiger partial charge in [-0.2, -0.15) is 0 Å². The Morgan fingerprint density at radius 1 is 1.60 bits per heavy atom. The topological polar surface area (TPSA) is 92.9 Å². The average molecular weight is 280 g/mol. The van der Waals surface area contributed by atoms with Crippen LogP contribution in [-0.2, 0) is 4.79 Å². The summed E-state index contributed by atoms with van der Waals surface area (Å²) >= 11 is 0. The van der Waals surface area contributed by atoms with Crippen LogP contribution in [0.15, 0.2) is 18.2 Å². The SMILES string of the molecule is COc1ccc(N2CCCC2CC(=O)O)c([N+](=O)[O-])c1. The van der Waals surface area contributed by atoms with Crippen molar-refractivity contribution in [2.24, 2.45) is 0 Å². The van der Waals surface area contributed by atoms with Gasteiger partial charge in [0, 0.05) is 12.6 Å². The van der Waals surface area contributed by atoms with Crippen molar-refractivity contribution in [1.29, 1.82) is 0 Å². The zero-order chi connectivity index (χ0) is 14.7. The number of benzene rings is 1. The minimum absolute atomic E-state index is 0.0107. The predicted molar refractivity (Wildman–Crippen MR) is 72.3 cm³/mol. The number of ether oxygens (including phenoxy) is 1. The highest BCUT2D eigenvalue weighted by atomic mass is 16.6. The van der Waals surface area contributed by atoms with Gasteiger partial charge in [0.25, 0.3) is 5.69 Å². The van der Waals surface area contributed by atoms with E-state index in [9.17, 15) is 14.9 Å². The van der Waals surface area contributed by atoms with Crippen LogP contribution < -0.4 is 9.64 Å². The maximum absolute atomic E-state index is 11.2. The van der Waals surface area contributed by atoms with Crippen molar-refractivity contribution in [2.45, 2.75) is 25.3 Å². The maximum atomic E-state index is 11.2. The first-order valence-corrected chi connectivity index (χ1v) is 6.33. The summed E-state index contributed by atoms with van der Waals surface area (Å²) in [4.78, 5) is 23.4. The Morgan fingerprint density at radius 3 is 2.95 bits per heavy atom. The molecule has 20 heavy (non-hydrogen) atoms. The summed E-state index contributed by atoms with van der Waals surface area (Å²) in [6.07, 6.45) is 1.56. The zero-order valence-electron chi connectivity index (χ0n) is 11.1. The second-order valence-corrected chi connectivity index (χ2v) is 4.70. The lowest BCUT2D eigenvalue weighted by atomic mass is 10.1. The molecule has 7 heteroatoms. The van der Waals surface area contributed by atoms with Crippen LogP contribution in [0.3, 0.4) is 0 Å². The first kappa shape index (κ1) is 14.1. The third-order valence-electron chi connectivity index (χ3n) is 3.48. The van der Waals surface area contributed by atoms with Gasteiger partial charge in [0.15, 0.2) is 0 Å². The van der Waals surface area contributed by atoms with Crippen LogP contribution in [0.5, 0.6) is 5.75 Å². The lowest BCUT2D eigenvalue weighted by Gasteiger charge is -2.25. The molecule has 1 atom stereocenters. The number of hydrogen-bond acceptors (Lipinski definition) is 5. The van der Waals surface area contributed by atoms with Gasteiger partial charge in [-0.15, -0.1) is 0 Å². The molecular formula is C13H16N2O5. The van der Waals surface area contributed by atoms with E-state index < -0.39 is 10.9 Å². The van der Waals surface area contributed by atoms with E-state index in [1.165, 1.54) is 13.2 Å². The molecule has 1 aromatic rings. The minimum atomic E-state index is -0.891. The van der Waals surface area contributed by atoms with E-state index in [1.54, 1.807) is 12.1 Å². The normalized spacial score (nSPS) is 18.1. The van der Waals surface area contributed by atoms with Gasteiger partial charge in [0.05, 0.1) is 24.5 Å². The number of aliphatic carboxylic acids is 1. The largest absolute Gasteiger partial charge is 0.496 e. The fraction of sp³-hybridized carbons (Fsp3) is 0.462. The highest BCUT2D eigenvalue weighted by Crippen LogP contribution is 2.36. The van der Waals surface area contributed by atoms with Gasteiger partial charge >= 0.3 is 5.97 Å². The Morgan fingerprint density at radius 2 is 2.35 bits per heavy atom. The maximum Gasteiger partial charge on any atom is 0.305 e. The number of nitrogens with zero attached hydrogens (tertiary/aromatic N) is 2. The number of anilines is 1. The van der Waals surface area contributed by atoms with Crippen LogP contribution in [0, 0.1) is 10.1 Å². The number of hydrogen-bond donors (Lipinski definition) is 1. The highest BCUT2D eigenvalue weighted by Gasteiger charge is 2.31. The van der Waals surface area contributed by atoms with Gasteiger partial charge in [-0.3, -0.25) is 14.9 Å². The van der Waals surface area contributed by atoms with Crippen molar-refractivity contribution in [3.63, 3.8) is 0 Å². The molecule has 1 aromatic carbocycles. The van der Waals surface area contributed by atoms with Crippen molar-refractivity contribution in [3.05, 3.63) is 28.3 Å². The standard InChI is InChI=1S/C13H16N2O5/c1-20-10-4-5-11(12(8-10)15(18)19)14-6-2-3-9(14)7-13(16)17/h4-5,8-9H,2-3,6-7H2,1H3,(H,16,17). The third kappa shape index (κ3) is 2.81. The van der Waals surface area contributed by atoms with Crippen LogP contribution in [0.4, 0.5) is 11.4 Å². The number of nitro groups is 1. The molecule has 0 bridgehead atoms. The number of carbonyl (C=O) groups is 1. The molecule has 1 aliphatic rings. The van der Waals surface area contributed by atoms with Crippen LogP contribution >= 0.6 is 0 Å². The molecule has 0 saturated carbocycles. The van der Waals surface area contributed by atoms with E-state index in [4.69, 9.17) is 9.84 Å². The molecule has 0 aromatic heterocycles. The molecule has 0 spiro atoms. The lowest BCUT2D eigenvalue weighted by Crippen LogP contribution is -2.31. The molecule has 1 N–H and O–H groups in total. The number of rotatable bonds is 5. The van der Waals surface area contributed by atoms with Crippen LogP contribution in [0.2, 0.25) is 0 Å². The van der Waals surface area contributed by atoms with E-state index in [1.807, 2.05) is 4.90 Å². The van der Waals surface area contributed by atoms with Crippen molar-refractivity contribution in [1.82, 2.24) is 0 Å². The molecule has 7 nitrogen and oxygen atoms in total. The number of carboxylic acids is 1. The van der Waals surface area contributed by atoms with E-state index >= 15 is 0 Å². The number of methoxy groups -OCH3 is 1. The molecule has 108 valence electrons. The summed E-state index contributed by atoms with van der Waals surface area (Å²) in [5.41, 5.74) is 0.404. The molecule has 1 heterocycles. The van der Waals surface area contributed by atoms with Crippen LogP contribution in [-0.4, -0.2) is 35.7 Å². The first-order chi connectivity index (χ1) is 9.52. The van der Waals surface area contributed by atoms with Gasteiger partial charge in [-0.1, -0.05) is 0 Å².